The first-order chi connectivity index (χ1) is 15.6. The molecule has 0 aliphatic carbocycles. The number of fused-ring (bicyclic) bond motifs is 4. The fraction of sp³-hybridized carbons (Fsp3) is 0.0435. The van der Waals surface area contributed by atoms with Gasteiger partial charge >= 0.3 is 0 Å². The minimum Gasteiger partial charge on any atom is -0.494 e. The molecule has 0 saturated heterocycles. The van der Waals surface area contributed by atoms with E-state index in [1.54, 1.807) is 11.3 Å². The maximum Gasteiger partial charge on any atom is 0.280 e. The van der Waals surface area contributed by atoms with E-state index >= 15 is 0 Å². The summed E-state index contributed by atoms with van der Waals surface area (Å²) in [7, 11) is 2.05. The predicted molar refractivity (Wildman–Crippen MR) is 128 cm³/mol. The summed E-state index contributed by atoms with van der Waals surface area (Å²) in [5.41, 5.74) is 7.50. The Morgan fingerprint density at radius 2 is 1.88 bits per heavy atom. The van der Waals surface area contributed by atoms with Crippen molar-refractivity contribution < 1.29 is 9.90 Å². The van der Waals surface area contributed by atoms with Gasteiger partial charge in [0.15, 0.2) is 5.88 Å². The number of aryl methyl sites for hydroxylation is 1. The average molecular weight is 458 g/mol. The number of hydrogen-bond donors (Lipinski definition) is 4. The van der Waals surface area contributed by atoms with Gasteiger partial charge in [0.1, 0.15) is 0 Å². The fourth-order valence-electron chi connectivity index (χ4n) is 4.54. The molecule has 0 saturated carbocycles. The first-order valence-electron chi connectivity index (χ1n) is 9.97. The average Bonchev–Trinajstić information content (AvgIpc) is 3.61. The predicted octanol–water partition coefficient (Wildman–Crippen LogP) is 5.47. The van der Waals surface area contributed by atoms with Crippen molar-refractivity contribution in [3.8, 4) is 27.0 Å². The van der Waals surface area contributed by atoms with Crippen LogP contribution in [0.5, 0.6) is 5.88 Å². The number of hydrogen-bond acceptors (Lipinski definition) is 4. The highest BCUT2D eigenvalue weighted by Crippen LogP contribution is 2.43. The lowest BCUT2D eigenvalue weighted by atomic mass is 10.1. The summed E-state index contributed by atoms with van der Waals surface area (Å²) in [6, 6.07) is 12.0. The molecule has 4 N–H and O–H groups in total. The van der Waals surface area contributed by atoms with Crippen molar-refractivity contribution in [3.63, 3.8) is 0 Å². The molecule has 0 atom stereocenters. The quantitative estimate of drug-likeness (QED) is 0.283. The molecule has 32 heavy (non-hydrogen) atoms. The molecule has 7 nitrogen and oxygen atoms in total. The molecule has 1 aliphatic rings. The fourth-order valence-corrected chi connectivity index (χ4v) is 6.24. The van der Waals surface area contributed by atoms with Crippen molar-refractivity contribution in [2.24, 2.45) is 12.0 Å². The van der Waals surface area contributed by atoms with E-state index in [9.17, 15) is 9.90 Å². The number of thiophene rings is 2. The van der Waals surface area contributed by atoms with Crippen molar-refractivity contribution in [2.75, 3.05) is 0 Å². The summed E-state index contributed by atoms with van der Waals surface area (Å²) < 4.78 is 2.16. The second-order valence-electron chi connectivity index (χ2n) is 7.75. The van der Waals surface area contributed by atoms with Crippen LogP contribution in [-0.2, 0) is 7.05 Å². The van der Waals surface area contributed by atoms with Crippen LogP contribution < -0.4 is 0 Å². The third-order valence-electron chi connectivity index (χ3n) is 6.01. The molecular formula is C23H15N5O2S2. The Balaban J connectivity index is 1.33. The summed E-state index contributed by atoms with van der Waals surface area (Å²) in [6.45, 7) is 0. The molecule has 1 amide bonds. The highest BCUT2D eigenvalue weighted by molar-refractivity contribution is 7.18. The third kappa shape index (κ3) is 2.23. The smallest absolute Gasteiger partial charge is 0.280 e. The zero-order chi connectivity index (χ0) is 21.6. The van der Waals surface area contributed by atoms with Gasteiger partial charge in [-0.1, -0.05) is 6.07 Å². The van der Waals surface area contributed by atoms with E-state index in [0.717, 1.165) is 42.4 Å². The second-order valence-corrected chi connectivity index (χ2v) is 9.78. The van der Waals surface area contributed by atoms with Gasteiger partial charge in [-0.3, -0.25) is 4.79 Å². The van der Waals surface area contributed by atoms with Gasteiger partial charge < -0.3 is 24.6 Å². The first-order valence-corrected chi connectivity index (χ1v) is 11.7. The van der Waals surface area contributed by atoms with E-state index in [1.165, 1.54) is 11.3 Å². The second kappa shape index (κ2) is 6.12. The maximum absolute atomic E-state index is 12.8. The van der Waals surface area contributed by atoms with E-state index in [0.29, 0.717) is 22.5 Å². The Labute approximate surface area is 188 Å². The Bertz CT molecular complexity index is 1720. The topological polar surface area (TPSA) is 102 Å². The summed E-state index contributed by atoms with van der Waals surface area (Å²) in [5, 5.41) is 12.5. The van der Waals surface area contributed by atoms with Gasteiger partial charge in [0, 0.05) is 13.2 Å². The molecular weight excluding hydrogens is 442 g/mol. The number of H-pyrrole nitrogens is 3. The Morgan fingerprint density at radius 1 is 1.00 bits per heavy atom. The van der Waals surface area contributed by atoms with Gasteiger partial charge in [-0.15, -0.1) is 22.7 Å². The summed E-state index contributed by atoms with van der Waals surface area (Å²) in [4.78, 5) is 29.6. The van der Waals surface area contributed by atoms with Crippen LogP contribution in [0.2, 0.25) is 0 Å². The Kier molecular flexibility index (Phi) is 3.41. The molecule has 7 rings (SSSR count). The van der Waals surface area contributed by atoms with Gasteiger partial charge in [0.25, 0.3) is 5.91 Å². The summed E-state index contributed by atoms with van der Waals surface area (Å²) in [6.07, 6.45) is 1.94. The number of aromatic hydroxyl groups is 1. The van der Waals surface area contributed by atoms with Gasteiger partial charge in [-0.05, 0) is 35.7 Å². The van der Waals surface area contributed by atoms with E-state index < -0.39 is 0 Å². The molecule has 0 unspecified atom stereocenters. The number of amides is 1. The molecule has 0 bridgehead atoms. The van der Waals surface area contributed by atoms with E-state index in [1.807, 2.05) is 35.8 Å². The molecule has 9 heteroatoms. The maximum atomic E-state index is 12.8. The number of carbonyl (C=O) groups excluding carboxylic acids is 1. The molecule has 1 aliphatic heterocycles. The summed E-state index contributed by atoms with van der Waals surface area (Å²) >= 11 is 3.05. The summed E-state index contributed by atoms with van der Waals surface area (Å²) in [5.74, 6) is -0.354. The number of nitrogens with one attached hydrogen (secondary N) is 3. The van der Waals surface area contributed by atoms with Crippen LogP contribution in [-0.4, -0.2) is 36.2 Å². The third-order valence-corrected chi connectivity index (χ3v) is 8.02. The van der Waals surface area contributed by atoms with Crippen LogP contribution in [0, 0.1) is 0 Å². The highest BCUT2D eigenvalue weighted by atomic mass is 32.1. The monoisotopic (exact) mass is 457 g/mol. The van der Waals surface area contributed by atoms with Crippen LogP contribution >= 0.6 is 22.7 Å². The van der Waals surface area contributed by atoms with Crippen molar-refractivity contribution >= 4 is 56.4 Å². The van der Waals surface area contributed by atoms with Crippen molar-refractivity contribution in [1.29, 1.82) is 0 Å². The van der Waals surface area contributed by atoms with Crippen molar-refractivity contribution in [2.45, 2.75) is 0 Å². The van der Waals surface area contributed by atoms with E-state index in [-0.39, 0.29) is 11.8 Å². The number of carbonyl (C=O) groups is 1. The lowest BCUT2D eigenvalue weighted by Crippen LogP contribution is -1.96. The minimum atomic E-state index is -0.329. The standard InChI is InChI=1S/C23H15N5O2S2/c1-28-11-6-7-24-18(11)19-12(28)9-10(25-19)13-4-5-15(32-13)21-17-16(22(29)27-21)20(26-23(17)30)14-3-2-8-31-14/h2-9,24-25,27,29H,1H3. The number of aromatic amines is 3. The largest absolute Gasteiger partial charge is 0.494 e. The number of rotatable bonds is 3. The SMILES string of the molecule is Cn1c2cc[nH]c2c2[nH]c(-c3ccc(-c4[nH]c(O)c5c4C(=O)N=C5c4cccs4)s3)cc21. The molecule has 0 spiro atoms. The molecule has 6 aromatic rings. The van der Waals surface area contributed by atoms with Gasteiger partial charge in [-0.2, -0.15) is 0 Å². The van der Waals surface area contributed by atoms with E-state index in [4.69, 9.17) is 0 Å². The first kappa shape index (κ1) is 17.8. The molecule has 0 radical (unpaired) electrons. The van der Waals surface area contributed by atoms with Crippen LogP contribution in [0.25, 0.3) is 43.2 Å². The van der Waals surface area contributed by atoms with Crippen LogP contribution in [0.1, 0.15) is 20.8 Å². The zero-order valence-electron chi connectivity index (χ0n) is 16.7. The van der Waals surface area contributed by atoms with Crippen LogP contribution in [0.3, 0.4) is 0 Å². The van der Waals surface area contributed by atoms with Crippen LogP contribution in [0.4, 0.5) is 0 Å². The molecule has 0 fully saturated rings. The molecule has 7 heterocycles. The number of aliphatic imine (C=N–C) groups is 1. The van der Waals surface area contributed by atoms with Crippen molar-refractivity contribution in [1.82, 2.24) is 19.5 Å². The normalized spacial score (nSPS) is 13.5. The van der Waals surface area contributed by atoms with Crippen LogP contribution in [0.15, 0.2) is 53.0 Å². The highest BCUT2D eigenvalue weighted by Gasteiger charge is 2.34. The van der Waals surface area contributed by atoms with Gasteiger partial charge in [0.2, 0.25) is 0 Å². The Morgan fingerprint density at radius 3 is 2.72 bits per heavy atom. The lowest BCUT2D eigenvalue weighted by Gasteiger charge is -1.96. The van der Waals surface area contributed by atoms with Gasteiger partial charge in [-0.25, -0.2) is 4.99 Å². The number of aromatic nitrogens is 4. The molecule has 6 aromatic heterocycles. The molecule has 0 aromatic carbocycles. The van der Waals surface area contributed by atoms with E-state index in [2.05, 4.69) is 43.7 Å². The molecule has 156 valence electrons. The minimum absolute atomic E-state index is 0.0253. The zero-order valence-corrected chi connectivity index (χ0v) is 18.3. The Hall–Kier alpha value is -3.82. The number of nitrogens with zero attached hydrogens (tertiary/aromatic N) is 2. The lowest BCUT2D eigenvalue weighted by molar-refractivity contribution is 0.101. The van der Waals surface area contributed by atoms with Crippen molar-refractivity contribution in [3.05, 3.63) is 64.0 Å². The van der Waals surface area contributed by atoms with Gasteiger partial charge in [0.05, 0.1) is 64.9 Å².